The van der Waals surface area contributed by atoms with Crippen LogP contribution in [0, 0.1) is 40.4 Å². The van der Waals surface area contributed by atoms with Crippen molar-refractivity contribution in [2.24, 2.45) is 40.4 Å². The van der Waals surface area contributed by atoms with Gasteiger partial charge in [-0.05, 0) is 98.2 Å². The molecule has 4 rings (SSSR count). The van der Waals surface area contributed by atoms with E-state index in [1.165, 1.54) is 64.2 Å². The molecular formula is C25H42O. The van der Waals surface area contributed by atoms with Crippen LogP contribution in [-0.2, 0) is 4.74 Å². The van der Waals surface area contributed by atoms with Crippen LogP contribution in [0.25, 0.3) is 0 Å². The van der Waals surface area contributed by atoms with Gasteiger partial charge in [-0.2, -0.15) is 0 Å². The third kappa shape index (κ3) is 3.11. The second-order valence-corrected chi connectivity index (χ2v) is 11.0. The Morgan fingerprint density at radius 2 is 1.92 bits per heavy atom. The highest BCUT2D eigenvalue weighted by Gasteiger charge is 2.57. The lowest BCUT2D eigenvalue weighted by Crippen LogP contribution is -2.49. The summed E-state index contributed by atoms with van der Waals surface area (Å²) in [6.07, 6.45) is 17.1. The van der Waals surface area contributed by atoms with Crippen molar-refractivity contribution in [3.8, 4) is 0 Å². The van der Waals surface area contributed by atoms with E-state index in [1.54, 1.807) is 0 Å². The van der Waals surface area contributed by atoms with E-state index in [2.05, 4.69) is 33.8 Å². The van der Waals surface area contributed by atoms with E-state index in [-0.39, 0.29) is 0 Å². The predicted molar refractivity (Wildman–Crippen MR) is 110 cm³/mol. The first-order valence-corrected chi connectivity index (χ1v) is 11.7. The highest BCUT2D eigenvalue weighted by molar-refractivity contribution is 5.24. The minimum absolute atomic E-state index is 0.557. The Labute approximate surface area is 162 Å². The Hall–Kier alpha value is -0.300. The monoisotopic (exact) mass is 358 g/mol. The SMILES string of the molecule is CC(C)COCCC1CCC2C3CC=C4CCCCC4(C)C3CCC12C. The van der Waals surface area contributed by atoms with Gasteiger partial charge in [0.05, 0.1) is 0 Å². The molecule has 0 aromatic rings. The average Bonchev–Trinajstić information content (AvgIpc) is 2.94. The highest BCUT2D eigenvalue weighted by Crippen LogP contribution is 2.66. The van der Waals surface area contributed by atoms with E-state index in [0.29, 0.717) is 16.7 Å². The van der Waals surface area contributed by atoms with Crippen molar-refractivity contribution in [3.63, 3.8) is 0 Å². The van der Waals surface area contributed by atoms with E-state index >= 15 is 0 Å². The largest absolute Gasteiger partial charge is 0.381 e. The quantitative estimate of drug-likeness (QED) is 0.379. The maximum atomic E-state index is 5.97. The van der Waals surface area contributed by atoms with Gasteiger partial charge in [0.1, 0.15) is 0 Å². The Morgan fingerprint density at radius 3 is 2.73 bits per heavy atom. The van der Waals surface area contributed by atoms with Gasteiger partial charge in [-0.3, -0.25) is 0 Å². The van der Waals surface area contributed by atoms with E-state index in [9.17, 15) is 0 Å². The summed E-state index contributed by atoms with van der Waals surface area (Å²) in [5.74, 6) is 4.51. The smallest absolute Gasteiger partial charge is 0.0488 e. The Morgan fingerprint density at radius 1 is 1.08 bits per heavy atom. The number of rotatable bonds is 5. The van der Waals surface area contributed by atoms with Gasteiger partial charge in [0.2, 0.25) is 0 Å². The number of hydrogen-bond acceptors (Lipinski definition) is 1. The fourth-order valence-corrected chi connectivity index (χ4v) is 7.83. The van der Waals surface area contributed by atoms with Gasteiger partial charge in [-0.15, -0.1) is 0 Å². The van der Waals surface area contributed by atoms with Crippen LogP contribution >= 0.6 is 0 Å². The van der Waals surface area contributed by atoms with Gasteiger partial charge in [-0.25, -0.2) is 0 Å². The molecule has 4 aliphatic rings. The maximum absolute atomic E-state index is 5.97. The van der Waals surface area contributed by atoms with Crippen molar-refractivity contribution in [1.29, 1.82) is 0 Å². The zero-order chi connectivity index (χ0) is 18.4. The van der Waals surface area contributed by atoms with Crippen molar-refractivity contribution in [1.82, 2.24) is 0 Å². The van der Waals surface area contributed by atoms with Crippen molar-refractivity contribution < 1.29 is 4.74 Å². The molecule has 4 aliphatic carbocycles. The Kier molecular flexibility index (Phi) is 5.32. The summed E-state index contributed by atoms with van der Waals surface area (Å²) in [4.78, 5) is 0. The van der Waals surface area contributed by atoms with Gasteiger partial charge >= 0.3 is 0 Å². The summed E-state index contributed by atoms with van der Waals surface area (Å²) < 4.78 is 5.97. The van der Waals surface area contributed by atoms with Gasteiger partial charge in [0.15, 0.2) is 0 Å². The molecule has 1 nitrogen and oxygen atoms in total. The number of fused-ring (bicyclic) bond motifs is 5. The highest BCUT2D eigenvalue weighted by atomic mass is 16.5. The van der Waals surface area contributed by atoms with Gasteiger partial charge in [-0.1, -0.05) is 45.8 Å². The Bertz CT molecular complexity index is 534. The summed E-state index contributed by atoms with van der Waals surface area (Å²) in [6.45, 7) is 11.7. The second kappa shape index (κ2) is 7.26. The zero-order valence-corrected chi connectivity index (χ0v) is 17.9. The lowest BCUT2D eigenvalue weighted by Gasteiger charge is -2.57. The molecule has 0 saturated heterocycles. The second-order valence-electron chi connectivity index (χ2n) is 11.0. The molecule has 0 aromatic carbocycles. The van der Waals surface area contributed by atoms with Crippen molar-refractivity contribution in [2.45, 2.75) is 91.9 Å². The molecular weight excluding hydrogens is 316 g/mol. The summed E-state index contributed by atoms with van der Waals surface area (Å²) in [6, 6.07) is 0. The third-order valence-electron chi connectivity index (χ3n) is 9.28. The molecule has 6 unspecified atom stereocenters. The minimum Gasteiger partial charge on any atom is -0.381 e. The molecule has 26 heavy (non-hydrogen) atoms. The molecule has 1 heteroatoms. The summed E-state index contributed by atoms with van der Waals surface area (Å²) in [5.41, 5.74) is 3.00. The molecule has 0 aromatic heterocycles. The first-order valence-electron chi connectivity index (χ1n) is 11.7. The van der Waals surface area contributed by atoms with E-state index in [0.717, 1.165) is 36.9 Å². The summed E-state index contributed by atoms with van der Waals surface area (Å²) >= 11 is 0. The predicted octanol–water partition coefficient (Wildman–Crippen LogP) is 7.02. The lowest BCUT2D eigenvalue weighted by atomic mass is 9.47. The van der Waals surface area contributed by atoms with Crippen LogP contribution in [-0.4, -0.2) is 13.2 Å². The summed E-state index contributed by atoms with van der Waals surface area (Å²) in [5, 5.41) is 0. The van der Waals surface area contributed by atoms with Crippen molar-refractivity contribution in [3.05, 3.63) is 11.6 Å². The molecule has 0 amide bonds. The third-order valence-corrected chi connectivity index (χ3v) is 9.28. The van der Waals surface area contributed by atoms with Crippen LogP contribution in [0.3, 0.4) is 0 Å². The molecule has 0 spiro atoms. The standard InChI is InChI=1S/C25H42O/c1-18(2)17-26-16-13-20-9-11-22-21-10-8-19-7-5-6-14-24(19,3)23(21)12-15-25(20,22)4/h8,18,20-23H,5-7,9-17H2,1-4H3. The van der Waals surface area contributed by atoms with Gasteiger partial charge in [0.25, 0.3) is 0 Å². The average molecular weight is 359 g/mol. The molecule has 0 aliphatic heterocycles. The molecule has 0 radical (unpaired) electrons. The van der Waals surface area contributed by atoms with Crippen LogP contribution in [0.15, 0.2) is 11.6 Å². The fraction of sp³-hybridized carbons (Fsp3) is 0.920. The van der Waals surface area contributed by atoms with Crippen LogP contribution < -0.4 is 0 Å². The van der Waals surface area contributed by atoms with E-state index < -0.39 is 0 Å². The first-order chi connectivity index (χ1) is 12.4. The number of hydrogen-bond donors (Lipinski definition) is 0. The fourth-order valence-electron chi connectivity index (χ4n) is 7.83. The molecule has 0 heterocycles. The number of ether oxygens (including phenoxy) is 1. The van der Waals surface area contributed by atoms with Gasteiger partial charge in [0, 0.05) is 13.2 Å². The maximum Gasteiger partial charge on any atom is 0.0488 e. The topological polar surface area (TPSA) is 9.23 Å². The molecule has 0 bridgehead atoms. The van der Waals surface area contributed by atoms with Gasteiger partial charge < -0.3 is 4.74 Å². The molecule has 6 atom stereocenters. The first kappa shape index (κ1) is 19.0. The minimum atomic E-state index is 0.557. The number of allylic oxidation sites excluding steroid dienone is 2. The molecule has 148 valence electrons. The van der Waals surface area contributed by atoms with E-state index in [1.807, 2.05) is 5.57 Å². The Balaban J connectivity index is 1.45. The normalized spacial score (nSPS) is 45.0. The summed E-state index contributed by atoms with van der Waals surface area (Å²) in [7, 11) is 0. The van der Waals surface area contributed by atoms with Crippen LogP contribution in [0.5, 0.6) is 0 Å². The zero-order valence-electron chi connectivity index (χ0n) is 17.9. The van der Waals surface area contributed by atoms with Crippen LogP contribution in [0.4, 0.5) is 0 Å². The van der Waals surface area contributed by atoms with E-state index in [4.69, 9.17) is 4.74 Å². The van der Waals surface area contributed by atoms with Crippen molar-refractivity contribution >= 4 is 0 Å². The lowest BCUT2D eigenvalue weighted by molar-refractivity contribution is -0.0462. The van der Waals surface area contributed by atoms with Crippen LogP contribution in [0.1, 0.15) is 91.9 Å². The molecule has 3 saturated carbocycles. The molecule has 0 N–H and O–H groups in total. The van der Waals surface area contributed by atoms with Crippen molar-refractivity contribution in [2.75, 3.05) is 13.2 Å². The molecule has 3 fully saturated rings. The van der Waals surface area contributed by atoms with Crippen LogP contribution in [0.2, 0.25) is 0 Å².